The zero-order chi connectivity index (χ0) is 16.3. The molecule has 1 amide bonds. The fourth-order valence-corrected chi connectivity index (χ4v) is 3.27. The van der Waals surface area contributed by atoms with E-state index in [0.29, 0.717) is 12.5 Å². The van der Waals surface area contributed by atoms with Crippen LogP contribution in [-0.2, 0) is 12.8 Å². The van der Waals surface area contributed by atoms with Crippen molar-refractivity contribution in [1.29, 1.82) is 0 Å². The molecule has 1 aliphatic carbocycles. The molecule has 1 atom stereocenters. The van der Waals surface area contributed by atoms with Gasteiger partial charge in [0.25, 0.3) is 11.5 Å². The van der Waals surface area contributed by atoms with Gasteiger partial charge < -0.3 is 16.0 Å². The van der Waals surface area contributed by atoms with Gasteiger partial charge in [-0.15, -0.1) is 12.4 Å². The molecule has 0 saturated heterocycles. The first-order chi connectivity index (χ1) is 10.3. The summed E-state index contributed by atoms with van der Waals surface area (Å²) in [4.78, 5) is 27.6. The van der Waals surface area contributed by atoms with Crippen molar-refractivity contribution in [3.63, 3.8) is 0 Å². The Morgan fingerprint density at radius 2 is 2.04 bits per heavy atom. The molecular weight excluding hydrogens is 314 g/mol. The van der Waals surface area contributed by atoms with Gasteiger partial charge in [-0.25, -0.2) is 0 Å². The Labute approximate surface area is 143 Å². The molecule has 6 heteroatoms. The Morgan fingerprint density at radius 3 is 2.65 bits per heavy atom. The van der Waals surface area contributed by atoms with Crippen LogP contribution in [0.15, 0.2) is 10.9 Å². The van der Waals surface area contributed by atoms with Crippen LogP contribution >= 0.6 is 12.4 Å². The van der Waals surface area contributed by atoms with E-state index in [4.69, 9.17) is 5.73 Å². The highest BCUT2D eigenvalue weighted by Gasteiger charge is 2.28. The van der Waals surface area contributed by atoms with E-state index < -0.39 is 5.54 Å². The summed E-state index contributed by atoms with van der Waals surface area (Å²) < 4.78 is 0. The van der Waals surface area contributed by atoms with Crippen LogP contribution < -0.4 is 16.6 Å². The molecule has 1 unspecified atom stereocenters. The van der Waals surface area contributed by atoms with Crippen LogP contribution in [0.4, 0.5) is 0 Å². The SMILES string of the molecule is CC(C)CC(C)(CN)NC(=O)c1cc2c([nH]c1=O)CCCC2.Cl. The van der Waals surface area contributed by atoms with Crippen molar-refractivity contribution in [2.24, 2.45) is 11.7 Å². The van der Waals surface area contributed by atoms with Gasteiger partial charge in [-0.3, -0.25) is 9.59 Å². The summed E-state index contributed by atoms with van der Waals surface area (Å²) in [5.74, 6) is 0.0823. The Kier molecular flexibility index (Phi) is 6.84. The van der Waals surface area contributed by atoms with Crippen molar-refractivity contribution in [3.05, 3.63) is 33.2 Å². The fraction of sp³-hybridized carbons (Fsp3) is 0.647. The smallest absolute Gasteiger partial charge is 0.261 e. The molecule has 0 fully saturated rings. The predicted molar refractivity (Wildman–Crippen MR) is 95.3 cm³/mol. The van der Waals surface area contributed by atoms with Gasteiger partial charge in [-0.1, -0.05) is 13.8 Å². The van der Waals surface area contributed by atoms with Gasteiger partial charge in [0.2, 0.25) is 0 Å². The van der Waals surface area contributed by atoms with E-state index in [0.717, 1.165) is 43.4 Å². The monoisotopic (exact) mass is 341 g/mol. The quantitative estimate of drug-likeness (QED) is 0.767. The molecule has 2 rings (SSSR count). The first-order valence-corrected chi connectivity index (χ1v) is 8.12. The summed E-state index contributed by atoms with van der Waals surface area (Å²) in [6, 6.07) is 1.76. The lowest BCUT2D eigenvalue weighted by Crippen LogP contribution is -2.53. The van der Waals surface area contributed by atoms with Crippen molar-refractivity contribution in [3.8, 4) is 0 Å². The summed E-state index contributed by atoms with van der Waals surface area (Å²) in [7, 11) is 0. The van der Waals surface area contributed by atoms with Gasteiger partial charge in [-0.2, -0.15) is 0 Å². The van der Waals surface area contributed by atoms with E-state index in [1.54, 1.807) is 6.07 Å². The van der Waals surface area contributed by atoms with Gasteiger partial charge in [0.05, 0.1) is 0 Å². The lowest BCUT2D eigenvalue weighted by atomic mass is 9.90. The molecule has 0 aliphatic heterocycles. The molecule has 130 valence electrons. The lowest BCUT2D eigenvalue weighted by molar-refractivity contribution is 0.0896. The van der Waals surface area contributed by atoms with Crippen LogP contribution in [0.1, 0.15) is 61.6 Å². The maximum absolute atomic E-state index is 12.5. The second kappa shape index (κ2) is 7.97. The Morgan fingerprint density at radius 1 is 1.39 bits per heavy atom. The predicted octanol–water partition coefficient (Wildman–Crippen LogP) is 2.17. The lowest BCUT2D eigenvalue weighted by Gasteiger charge is -2.31. The van der Waals surface area contributed by atoms with Crippen LogP contribution in [0.5, 0.6) is 0 Å². The number of fused-ring (bicyclic) bond motifs is 1. The molecule has 23 heavy (non-hydrogen) atoms. The van der Waals surface area contributed by atoms with E-state index in [1.165, 1.54) is 0 Å². The third kappa shape index (κ3) is 4.82. The number of hydrogen-bond acceptors (Lipinski definition) is 3. The van der Waals surface area contributed by atoms with Crippen LogP contribution in [0, 0.1) is 5.92 Å². The van der Waals surface area contributed by atoms with Crippen LogP contribution in [-0.4, -0.2) is 23.0 Å². The number of amides is 1. The highest BCUT2D eigenvalue weighted by molar-refractivity contribution is 5.94. The first-order valence-electron chi connectivity index (χ1n) is 8.12. The van der Waals surface area contributed by atoms with Crippen LogP contribution in [0.25, 0.3) is 0 Å². The molecule has 4 N–H and O–H groups in total. The van der Waals surface area contributed by atoms with Gasteiger partial charge >= 0.3 is 0 Å². The van der Waals surface area contributed by atoms with Crippen LogP contribution in [0.2, 0.25) is 0 Å². The van der Waals surface area contributed by atoms with Crippen molar-refractivity contribution in [1.82, 2.24) is 10.3 Å². The van der Waals surface area contributed by atoms with Crippen molar-refractivity contribution >= 4 is 18.3 Å². The summed E-state index contributed by atoms with van der Waals surface area (Å²) in [5, 5.41) is 2.95. The van der Waals surface area contributed by atoms with Gasteiger partial charge in [0.1, 0.15) is 5.56 Å². The number of nitrogens with one attached hydrogen (secondary N) is 2. The fourth-order valence-electron chi connectivity index (χ4n) is 3.27. The highest BCUT2D eigenvalue weighted by Crippen LogP contribution is 2.19. The molecule has 1 aromatic rings. The van der Waals surface area contributed by atoms with E-state index in [-0.39, 0.29) is 29.4 Å². The van der Waals surface area contributed by atoms with Gasteiger partial charge in [-0.05, 0) is 56.6 Å². The molecular formula is C17H28ClN3O2. The van der Waals surface area contributed by atoms with E-state index in [2.05, 4.69) is 24.1 Å². The third-order valence-corrected chi connectivity index (χ3v) is 4.31. The van der Waals surface area contributed by atoms with Crippen molar-refractivity contribution in [2.45, 2.75) is 58.4 Å². The minimum atomic E-state index is -0.492. The molecule has 0 radical (unpaired) electrons. The Hall–Kier alpha value is -1.33. The standard InChI is InChI=1S/C17H27N3O2.ClH/c1-11(2)9-17(3,10-18)20-16(22)13-8-12-6-4-5-7-14(12)19-15(13)21;/h8,11H,4-7,9-10,18H2,1-3H3,(H,19,21)(H,20,22);1H. The van der Waals surface area contributed by atoms with Crippen molar-refractivity contribution < 1.29 is 4.79 Å². The number of pyridine rings is 1. The number of carbonyl (C=O) groups is 1. The topological polar surface area (TPSA) is 88.0 Å². The Bertz CT molecular complexity index is 612. The van der Waals surface area contributed by atoms with Gasteiger partial charge in [0, 0.05) is 17.8 Å². The minimum absolute atomic E-state index is 0. The normalized spacial score (nSPS) is 16.2. The minimum Gasteiger partial charge on any atom is -0.345 e. The summed E-state index contributed by atoms with van der Waals surface area (Å²) in [6.45, 7) is 6.45. The second-order valence-electron chi connectivity index (χ2n) is 7.04. The third-order valence-electron chi connectivity index (χ3n) is 4.31. The molecule has 0 bridgehead atoms. The number of nitrogens with two attached hydrogens (primary N) is 1. The number of halogens is 1. The average molecular weight is 342 g/mol. The molecule has 5 nitrogen and oxygen atoms in total. The molecule has 0 aromatic carbocycles. The Balaban J connectivity index is 0.00000264. The number of rotatable bonds is 5. The van der Waals surface area contributed by atoms with Gasteiger partial charge in [0.15, 0.2) is 0 Å². The number of aromatic amines is 1. The summed E-state index contributed by atoms with van der Waals surface area (Å²) >= 11 is 0. The summed E-state index contributed by atoms with van der Waals surface area (Å²) in [5.41, 5.74) is 7.31. The van der Waals surface area contributed by atoms with E-state index >= 15 is 0 Å². The van der Waals surface area contributed by atoms with Crippen molar-refractivity contribution in [2.75, 3.05) is 6.54 Å². The summed E-state index contributed by atoms with van der Waals surface area (Å²) in [6.07, 6.45) is 4.78. The second-order valence-corrected chi connectivity index (χ2v) is 7.04. The number of aromatic nitrogens is 1. The largest absolute Gasteiger partial charge is 0.345 e. The molecule has 1 heterocycles. The van der Waals surface area contributed by atoms with E-state index in [1.807, 2.05) is 6.92 Å². The maximum Gasteiger partial charge on any atom is 0.261 e. The zero-order valence-corrected chi connectivity index (χ0v) is 15.0. The van der Waals surface area contributed by atoms with Crippen LogP contribution in [0.3, 0.4) is 0 Å². The number of aryl methyl sites for hydroxylation is 2. The molecule has 0 saturated carbocycles. The average Bonchev–Trinajstić information content (AvgIpc) is 2.45. The zero-order valence-electron chi connectivity index (χ0n) is 14.2. The molecule has 0 spiro atoms. The number of H-pyrrole nitrogens is 1. The molecule has 1 aliphatic rings. The number of hydrogen-bond donors (Lipinski definition) is 3. The number of carbonyl (C=O) groups excluding carboxylic acids is 1. The maximum atomic E-state index is 12.5. The molecule has 1 aromatic heterocycles. The highest BCUT2D eigenvalue weighted by atomic mass is 35.5. The first kappa shape index (κ1) is 19.7. The van der Waals surface area contributed by atoms with E-state index in [9.17, 15) is 9.59 Å².